The Labute approximate surface area is 198 Å². The van der Waals surface area contributed by atoms with Gasteiger partial charge in [0.25, 0.3) is 11.8 Å². The topological polar surface area (TPSA) is 92.4 Å². The molecule has 2 aromatic rings. The normalized spacial score (nSPS) is 23.7. The summed E-state index contributed by atoms with van der Waals surface area (Å²) >= 11 is 0. The number of aliphatic hydroxyl groups is 1. The largest absolute Gasteiger partial charge is 0.380 e. The van der Waals surface area contributed by atoms with Crippen molar-refractivity contribution >= 4 is 5.91 Å². The van der Waals surface area contributed by atoms with Crippen molar-refractivity contribution < 1.29 is 23.2 Å². The van der Waals surface area contributed by atoms with Crippen molar-refractivity contribution in [1.82, 2.24) is 20.0 Å². The van der Waals surface area contributed by atoms with E-state index in [1.165, 1.54) is 6.20 Å². The third-order valence-corrected chi connectivity index (χ3v) is 6.91. The molecule has 1 atom stereocenters. The molecule has 3 heterocycles. The number of halogens is 2. The van der Waals surface area contributed by atoms with E-state index in [1.54, 1.807) is 18.3 Å². The van der Waals surface area contributed by atoms with Gasteiger partial charge in [-0.15, -0.1) is 0 Å². The standard InChI is InChI=1S/C25H34F2N4O3/c1-22(2)14-23(3,4)16-24(33,15-22)20-29-19(30-34-20)18-8-6-12-31(18)21(32)25(26,27)10-9-17-7-5-11-28-13-17/h5,7,11,13,18,33H,6,8-10,12,14-16H2,1-4H3/t18-/m0/s1. The highest BCUT2D eigenvalue weighted by molar-refractivity contribution is 5.84. The van der Waals surface area contributed by atoms with E-state index in [1.807, 2.05) is 0 Å². The smallest absolute Gasteiger partial charge is 0.325 e. The van der Waals surface area contributed by atoms with E-state index in [0.29, 0.717) is 31.2 Å². The Morgan fingerprint density at radius 2 is 1.94 bits per heavy atom. The highest BCUT2D eigenvalue weighted by Gasteiger charge is 2.51. The molecule has 0 radical (unpaired) electrons. The SMILES string of the molecule is CC1(C)CC(C)(C)CC(O)(c2nc([C@@H]3CCCN3C(=O)C(F)(F)CCc3cccnc3)no2)C1. The Bertz CT molecular complexity index is 1010. The number of rotatable bonds is 6. The van der Waals surface area contributed by atoms with Gasteiger partial charge in [-0.25, -0.2) is 0 Å². The highest BCUT2D eigenvalue weighted by atomic mass is 19.3. The van der Waals surface area contributed by atoms with Gasteiger partial charge < -0.3 is 14.5 Å². The first-order chi connectivity index (χ1) is 15.8. The molecular formula is C25H34F2N4O3. The fraction of sp³-hybridized carbons (Fsp3) is 0.680. The van der Waals surface area contributed by atoms with Gasteiger partial charge in [-0.05, 0) is 61.0 Å². The van der Waals surface area contributed by atoms with E-state index in [-0.39, 0.29) is 35.5 Å². The summed E-state index contributed by atoms with van der Waals surface area (Å²) in [6, 6.07) is 2.70. The molecule has 186 valence electrons. The Hall–Kier alpha value is -2.42. The van der Waals surface area contributed by atoms with Crippen LogP contribution in [0.25, 0.3) is 0 Å². The predicted octanol–water partition coefficient (Wildman–Crippen LogP) is 4.82. The Morgan fingerprint density at radius 3 is 2.59 bits per heavy atom. The van der Waals surface area contributed by atoms with Crippen LogP contribution in [-0.4, -0.2) is 43.5 Å². The van der Waals surface area contributed by atoms with Gasteiger partial charge in [0.15, 0.2) is 5.82 Å². The third-order valence-electron chi connectivity index (χ3n) is 6.91. The van der Waals surface area contributed by atoms with Crippen LogP contribution < -0.4 is 0 Å². The summed E-state index contributed by atoms with van der Waals surface area (Å²) in [6.07, 6.45) is 5.48. The molecule has 2 fully saturated rings. The quantitative estimate of drug-likeness (QED) is 0.643. The third kappa shape index (κ3) is 5.14. The number of carbonyl (C=O) groups excluding carboxylic acids is 1. The summed E-state index contributed by atoms with van der Waals surface area (Å²) in [5.41, 5.74) is -0.895. The van der Waals surface area contributed by atoms with Crippen LogP contribution in [0.5, 0.6) is 0 Å². The fourth-order valence-electron chi connectivity index (χ4n) is 6.22. The van der Waals surface area contributed by atoms with Gasteiger partial charge in [-0.3, -0.25) is 9.78 Å². The summed E-state index contributed by atoms with van der Waals surface area (Å²) in [4.78, 5) is 22.4. The fourth-order valence-corrected chi connectivity index (χ4v) is 6.22. The summed E-state index contributed by atoms with van der Waals surface area (Å²) in [5.74, 6) is -4.45. The van der Waals surface area contributed by atoms with Gasteiger partial charge in [-0.1, -0.05) is 38.9 Å². The van der Waals surface area contributed by atoms with Gasteiger partial charge in [0.2, 0.25) is 0 Å². The van der Waals surface area contributed by atoms with Crippen LogP contribution in [0.15, 0.2) is 29.0 Å². The maximum Gasteiger partial charge on any atom is 0.325 e. The van der Waals surface area contributed by atoms with Gasteiger partial charge in [0.1, 0.15) is 5.60 Å². The summed E-state index contributed by atoms with van der Waals surface area (Å²) in [5, 5.41) is 15.5. The predicted molar refractivity (Wildman–Crippen MR) is 121 cm³/mol. The molecule has 2 aliphatic rings. The number of hydrogen-bond acceptors (Lipinski definition) is 6. The lowest BCUT2D eigenvalue weighted by molar-refractivity contribution is -0.159. The van der Waals surface area contributed by atoms with E-state index in [0.717, 1.165) is 11.3 Å². The molecule has 4 rings (SSSR count). The van der Waals surface area contributed by atoms with Crippen molar-refractivity contribution in [3.63, 3.8) is 0 Å². The van der Waals surface area contributed by atoms with Crippen molar-refractivity contribution in [2.45, 2.75) is 90.2 Å². The van der Waals surface area contributed by atoms with E-state index in [9.17, 15) is 18.7 Å². The van der Waals surface area contributed by atoms with E-state index < -0.39 is 29.9 Å². The van der Waals surface area contributed by atoms with Crippen molar-refractivity contribution in [2.24, 2.45) is 10.8 Å². The number of pyridine rings is 1. The Balaban J connectivity index is 1.50. The minimum atomic E-state index is -3.51. The van der Waals surface area contributed by atoms with Crippen molar-refractivity contribution in [2.75, 3.05) is 6.54 Å². The first-order valence-electron chi connectivity index (χ1n) is 11.9. The second-order valence-electron chi connectivity index (χ2n) is 11.6. The van der Waals surface area contributed by atoms with Crippen molar-refractivity contribution in [3.8, 4) is 0 Å². The lowest BCUT2D eigenvalue weighted by atomic mass is 9.59. The number of aryl methyl sites for hydroxylation is 1. The Kier molecular flexibility index (Phi) is 6.29. The van der Waals surface area contributed by atoms with Crippen LogP contribution in [0, 0.1) is 10.8 Å². The van der Waals surface area contributed by atoms with Crippen LogP contribution in [0.4, 0.5) is 8.78 Å². The molecular weight excluding hydrogens is 442 g/mol. The number of hydrogen-bond donors (Lipinski definition) is 1. The zero-order chi connectivity index (χ0) is 24.8. The van der Waals surface area contributed by atoms with Crippen LogP contribution >= 0.6 is 0 Å². The van der Waals surface area contributed by atoms with E-state index in [4.69, 9.17) is 4.52 Å². The molecule has 0 aromatic carbocycles. The number of likely N-dealkylation sites (tertiary alicyclic amines) is 1. The zero-order valence-electron chi connectivity index (χ0n) is 20.4. The highest BCUT2D eigenvalue weighted by Crippen LogP contribution is 2.53. The molecule has 34 heavy (non-hydrogen) atoms. The van der Waals surface area contributed by atoms with Gasteiger partial charge in [0.05, 0.1) is 6.04 Å². The van der Waals surface area contributed by atoms with E-state index in [2.05, 4.69) is 42.8 Å². The number of aromatic nitrogens is 3. The van der Waals surface area contributed by atoms with Gasteiger partial charge >= 0.3 is 5.92 Å². The van der Waals surface area contributed by atoms with Crippen LogP contribution in [0.1, 0.15) is 89.5 Å². The molecule has 1 N–H and O–H groups in total. The molecule has 9 heteroatoms. The second kappa shape index (κ2) is 8.66. The van der Waals surface area contributed by atoms with Crippen LogP contribution in [-0.2, 0) is 16.8 Å². The zero-order valence-corrected chi connectivity index (χ0v) is 20.4. The molecule has 1 aliphatic carbocycles. The monoisotopic (exact) mass is 476 g/mol. The minimum Gasteiger partial charge on any atom is -0.380 e. The minimum absolute atomic E-state index is 0.0516. The average molecular weight is 477 g/mol. The molecule has 1 amide bonds. The number of alkyl halides is 2. The van der Waals surface area contributed by atoms with Gasteiger partial charge in [-0.2, -0.15) is 13.8 Å². The Morgan fingerprint density at radius 1 is 1.24 bits per heavy atom. The van der Waals surface area contributed by atoms with Crippen LogP contribution in [0.2, 0.25) is 0 Å². The van der Waals surface area contributed by atoms with E-state index >= 15 is 0 Å². The molecule has 2 aromatic heterocycles. The summed E-state index contributed by atoms with van der Waals surface area (Å²) < 4.78 is 35.2. The van der Waals surface area contributed by atoms with Gasteiger partial charge in [0, 0.05) is 25.4 Å². The first kappa shape index (κ1) is 24.7. The lowest BCUT2D eigenvalue weighted by Crippen LogP contribution is -2.44. The summed E-state index contributed by atoms with van der Waals surface area (Å²) in [6.45, 7) is 8.60. The maximum absolute atomic E-state index is 14.9. The molecule has 1 aliphatic heterocycles. The first-order valence-corrected chi connectivity index (χ1v) is 11.9. The number of carbonyl (C=O) groups is 1. The molecule has 1 saturated carbocycles. The molecule has 0 spiro atoms. The summed E-state index contributed by atoms with van der Waals surface area (Å²) in [7, 11) is 0. The van der Waals surface area contributed by atoms with Crippen LogP contribution in [0.3, 0.4) is 0 Å². The maximum atomic E-state index is 14.9. The van der Waals surface area contributed by atoms with Crippen molar-refractivity contribution in [1.29, 1.82) is 0 Å². The number of nitrogens with zero attached hydrogens (tertiary/aromatic N) is 4. The molecule has 1 saturated heterocycles. The lowest BCUT2D eigenvalue weighted by Gasteiger charge is -2.47. The molecule has 0 unspecified atom stereocenters. The molecule has 0 bridgehead atoms. The average Bonchev–Trinajstić information content (AvgIpc) is 3.39. The number of amides is 1. The second-order valence-corrected chi connectivity index (χ2v) is 11.6. The molecule has 7 nitrogen and oxygen atoms in total. The van der Waals surface area contributed by atoms with Crippen molar-refractivity contribution in [3.05, 3.63) is 41.8 Å².